The fourth-order valence-electron chi connectivity index (χ4n) is 1.65. The SMILES string of the molecule is Cc1ccc(Br)c2c1OCC[C@H]2N.Cl. The Hall–Kier alpha value is -0.250. The average Bonchev–Trinajstić information content (AvgIpc) is 2.12. The van der Waals surface area contributed by atoms with Gasteiger partial charge in [0, 0.05) is 22.5 Å². The van der Waals surface area contributed by atoms with Gasteiger partial charge in [0.25, 0.3) is 0 Å². The van der Waals surface area contributed by atoms with Crippen LogP contribution >= 0.6 is 28.3 Å². The summed E-state index contributed by atoms with van der Waals surface area (Å²) in [5, 5.41) is 0. The zero-order chi connectivity index (χ0) is 9.42. The Kier molecular flexibility index (Phi) is 3.81. The maximum absolute atomic E-state index is 6.01. The van der Waals surface area contributed by atoms with Crippen LogP contribution in [-0.4, -0.2) is 6.61 Å². The van der Waals surface area contributed by atoms with Crippen molar-refractivity contribution in [3.05, 3.63) is 27.7 Å². The molecule has 0 saturated heterocycles. The molecular weight excluding hydrogens is 265 g/mol. The molecule has 78 valence electrons. The van der Waals surface area contributed by atoms with Gasteiger partial charge in [0.1, 0.15) is 5.75 Å². The van der Waals surface area contributed by atoms with E-state index in [-0.39, 0.29) is 18.4 Å². The van der Waals surface area contributed by atoms with E-state index < -0.39 is 0 Å². The third-order valence-electron chi connectivity index (χ3n) is 2.39. The molecule has 1 aromatic rings. The van der Waals surface area contributed by atoms with Crippen molar-refractivity contribution in [2.24, 2.45) is 5.73 Å². The minimum Gasteiger partial charge on any atom is -0.493 e. The standard InChI is InChI=1S/C10H12BrNO.ClH/c1-6-2-3-7(11)9-8(12)4-5-13-10(6)9;/h2-3,8H,4-5,12H2,1H3;1H/t8-;/m1./s1. The van der Waals surface area contributed by atoms with E-state index in [0.29, 0.717) is 0 Å². The number of benzene rings is 1. The van der Waals surface area contributed by atoms with Gasteiger partial charge in [-0.1, -0.05) is 22.0 Å². The van der Waals surface area contributed by atoms with Gasteiger partial charge in [-0.3, -0.25) is 0 Å². The van der Waals surface area contributed by atoms with Gasteiger partial charge in [-0.15, -0.1) is 12.4 Å². The quantitative estimate of drug-likeness (QED) is 0.792. The molecule has 2 rings (SSSR count). The van der Waals surface area contributed by atoms with E-state index in [2.05, 4.69) is 15.9 Å². The molecule has 2 N–H and O–H groups in total. The first-order chi connectivity index (χ1) is 6.20. The summed E-state index contributed by atoms with van der Waals surface area (Å²) in [5.41, 5.74) is 8.28. The molecule has 0 bridgehead atoms. The molecule has 0 unspecified atom stereocenters. The van der Waals surface area contributed by atoms with Crippen LogP contribution in [0.5, 0.6) is 5.75 Å². The lowest BCUT2D eigenvalue weighted by Gasteiger charge is -2.25. The minimum atomic E-state index is 0. The molecule has 0 spiro atoms. The Balaban J connectivity index is 0.000000980. The van der Waals surface area contributed by atoms with Crippen LogP contribution in [0, 0.1) is 6.92 Å². The van der Waals surface area contributed by atoms with Gasteiger partial charge in [-0.05, 0) is 18.6 Å². The molecule has 0 amide bonds. The van der Waals surface area contributed by atoms with E-state index in [1.165, 1.54) is 0 Å². The molecule has 1 aliphatic rings. The van der Waals surface area contributed by atoms with Crippen LogP contribution < -0.4 is 10.5 Å². The van der Waals surface area contributed by atoms with Crippen molar-refractivity contribution >= 4 is 28.3 Å². The first-order valence-electron chi connectivity index (χ1n) is 4.37. The van der Waals surface area contributed by atoms with Gasteiger partial charge in [0.15, 0.2) is 0 Å². The number of nitrogens with two attached hydrogens (primary N) is 1. The van der Waals surface area contributed by atoms with E-state index in [9.17, 15) is 0 Å². The molecule has 1 aromatic carbocycles. The highest BCUT2D eigenvalue weighted by atomic mass is 79.9. The van der Waals surface area contributed by atoms with Crippen molar-refractivity contribution in [2.75, 3.05) is 6.61 Å². The van der Waals surface area contributed by atoms with Crippen LogP contribution in [0.15, 0.2) is 16.6 Å². The average molecular weight is 279 g/mol. The molecule has 1 heterocycles. The monoisotopic (exact) mass is 277 g/mol. The van der Waals surface area contributed by atoms with E-state index in [4.69, 9.17) is 10.5 Å². The van der Waals surface area contributed by atoms with E-state index in [1.807, 2.05) is 19.1 Å². The van der Waals surface area contributed by atoms with Crippen LogP contribution in [0.25, 0.3) is 0 Å². The summed E-state index contributed by atoms with van der Waals surface area (Å²) < 4.78 is 6.65. The zero-order valence-electron chi connectivity index (χ0n) is 7.92. The maximum atomic E-state index is 6.01. The van der Waals surface area contributed by atoms with Crippen molar-refractivity contribution in [1.82, 2.24) is 0 Å². The Morgan fingerprint density at radius 2 is 2.21 bits per heavy atom. The van der Waals surface area contributed by atoms with Crippen molar-refractivity contribution < 1.29 is 4.74 Å². The molecular formula is C10H13BrClNO. The van der Waals surface area contributed by atoms with Gasteiger partial charge in [0.05, 0.1) is 6.61 Å². The van der Waals surface area contributed by atoms with Crippen molar-refractivity contribution in [3.8, 4) is 5.75 Å². The third kappa shape index (κ3) is 1.90. The number of aryl methyl sites for hydroxylation is 1. The molecule has 0 radical (unpaired) electrons. The highest BCUT2D eigenvalue weighted by molar-refractivity contribution is 9.10. The maximum Gasteiger partial charge on any atom is 0.128 e. The molecule has 2 nitrogen and oxygen atoms in total. The molecule has 1 aliphatic heterocycles. The summed E-state index contributed by atoms with van der Waals surface area (Å²) >= 11 is 3.50. The van der Waals surface area contributed by atoms with Gasteiger partial charge in [0.2, 0.25) is 0 Å². The summed E-state index contributed by atoms with van der Waals surface area (Å²) in [4.78, 5) is 0. The number of hydrogen-bond acceptors (Lipinski definition) is 2. The molecule has 0 aliphatic carbocycles. The van der Waals surface area contributed by atoms with Crippen LogP contribution in [0.1, 0.15) is 23.6 Å². The number of hydrogen-bond donors (Lipinski definition) is 1. The number of rotatable bonds is 0. The van der Waals surface area contributed by atoms with Gasteiger partial charge < -0.3 is 10.5 Å². The third-order valence-corrected chi connectivity index (χ3v) is 3.08. The molecule has 0 fully saturated rings. The fourth-order valence-corrected chi connectivity index (χ4v) is 2.26. The van der Waals surface area contributed by atoms with Gasteiger partial charge in [-0.2, -0.15) is 0 Å². The summed E-state index contributed by atoms with van der Waals surface area (Å²) in [7, 11) is 0. The fraction of sp³-hybridized carbons (Fsp3) is 0.400. The zero-order valence-corrected chi connectivity index (χ0v) is 10.3. The minimum absolute atomic E-state index is 0. The predicted molar refractivity (Wildman–Crippen MR) is 63.2 cm³/mol. The Bertz CT molecular complexity index is 343. The van der Waals surface area contributed by atoms with E-state index in [1.54, 1.807) is 0 Å². The van der Waals surface area contributed by atoms with Crippen LogP contribution in [0.3, 0.4) is 0 Å². The van der Waals surface area contributed by atoms with E-state index >= 15 is 0 Å². The predicted octanol–water partition coefficient (Wildman–Crippen LogP) is 2.96. The highest BCUT2D eigenvalue weighted by Crippen LogP contribution is 2.38. The van der Waals surface area contributed by atoms with Crippen molar-refractivity contribution in [2.45, 2.75) is 19.4 Å². The summed E-state index contributed by atoms with van der Waals surface area (Å²) in [6.07, 6.45) is 0.898. The Morgan fingerprint density at radius 1 is 1.50 bits per heavy atom. The first kappa shape index (κ1) is 11.8. The lowest BCUT2D eigenvalue weighted by atomic mass is 9.99. The largest absolute Gasteiger partial charge is 0.493 e. The lowest BCUT2D eigenvalue weighted by molar-refractivity contribution is 0.266. The van der Waals surface area contributed by atoms with Crippen LogP contribution in [-0.2, 0) is 0 Å². The molecule has 1 atom stereocenters. The van der Waals surface area contributed by atoms with E-state index in [0.717, 1.165) is 34.4 Å². The van der Waals surface area contributed by atoms with Crippen LogP contribution in [0.4, 0.5) is 0 Å². The molecule has 0 saturated carbocycles. The summed E-state index contributed by atoms with van der Waals surface area (Å²) in [6, 6.07) is 4.18. The highest BCUT2D eigenvalue weighted by Gasteiger charge is 2.21. The topological polar surface area (TPSA) is 35.2 Å². The second kappa shape index (κ2) is 4.51. The Labute approximate surface area is 98.4 Å². The van der Waals surface area contributed by atoms with Crippen molar-refractivity contribution in [3.63, 3.8) is 0 Å². The lowest BCUT2D eigenvalue weighted by Crippen LogP contribution is -2.21. The number of halogens is 2. The van der Waals surface area contributed by atoms with Gasteiger partial charge >= 0.3 is 0 Å². The van der Waals surface area contributed by atoms with Crippen LogP contribution in [0.2, 0.25) is 0 Å². The Morgan fingerprint density at radius 3 is 2.86 bits per heavy atom. The smallest absolute Gasteiger partial charge is 0.128 e. The second-order valence-corrected chi connectivity index (χ2v) is 4.21. The second-order valence-electron chi connectivity index (χ2n) is 3.35. The summed E-state index contributed by atoms with van der Waals surface area (Å²) in [6.45, 7) is 2.77. The molecule has 14 heavy (non-hydrogen) atoms. The van der Waals surface area contributed by atoms with Gasteiger partial charge in [-0.25, -0.2) is 0 Å². The normalized spacial score (nSPS) is 19.2. The molecule has 4 heteroatoms. The number of fused-ring (bicyclic) bond motifs is 1. The summed E-state index contributed by atoms with van der Waals surface area (Å²) in [5.74, 6) is 0.966. The first-order valence-corrected chi connectivity index (χ1v) is 5.17. The number of ether oxygens (including phenoxy) is 1. The van der Waals surface area contributed by atoms with Crippen molar-refractivity contribution in [1.29, 1.82) is 0 Å². The molecule has 0 aromatic heterocycles.